The summed E-state index contributed by atoms with van der Waals surface area (Å²) in [7, 11) is 3.83. The van der Waals surface area contributed by atoms with Crippen molar-refractivity contribution in [1.29, 1.82) is 0 Å². The van der Waals surface area contributed by atoms with Crippen LogP contribution in [0.1, 0.15) is 42.5 Å². The lowest BCUT2D eigenvalue weighted by atomic mass is 9.56. The van der Waals surface area contributed by atoms with Gasteiger partial charge in [-0.25, -0.2) is 9.78 Å². The summed E-state index contributed by atoms with van der Waals surface area (Å²) in [4.78, 5) is 18.8. The number of carbonyl (C=O) groups is 1. The summed E-state index contributed by atoms with van der Waals surface area (Å²) in [6.07, 6.45) is 7.74. The average Bonchev–Trinajstić information content (AvgIpc) is 3.21. The van der Waals surface area contributed by atoms with Crippen LogP contribution in [0.4, 0.5) is 5.82 Å². The van der Waals surface area contributed by atoms with E-state index in [1.807, 2.05) is 19.0 Å². The van der Waals surface area contributed by atoms with E-state index in [9.17, 15) is 4.79 Å². The van der Waals surface area contributed by atoms with Crippen molar-refractivity contribution in [3.05, 3.63) is 23.9 Å². The number of aromatic nitrogens is 1. The molecule has 1 saturated heterocycles. The summed E-state index contributed by atoms with van der Waals surface area (Å²) in [6, 6.07) is 3.53. The Bertz CT molecular complexity index is 610. The largest absolute Gasteiger partial charge is 0.458 e. The molecule has 2 saturated carbocycles. The van der Waals surface area contributed by atoms with Crippen LogP contribution in [0, 0.1) is 11.3 Å². The van der Waals surface area contributed by atoms with Gasteiger partial charge < -0.3 is 14.4 Å². The number of anilines is 1. The number of esters is 1. The SMILES string of the molecule is CN(C)c1cc(C(=O)O[C@@H]2[C@H]3CCO[C@@H]3C23CCCC3)ccn1. The Morgan fingerprint density at radius 2 is 2.17 bits per heavy atom. The molecule has 124 valence electrons. The van der Waals surface area contributed by atoms with Crippen LogP contribution in [0.2, 0.25) is 0 Å². The number of hydrogen-bond donors (Lipinski definition) is 0. The van der Waals surface area contributed by atoms with Crippen molar-refractivity contribution in [2.24, 2.45) is 11.3 Å². The molecule has 2 aliphatic carbocycles. The van der Waals surface area contributed by atoms with Crippen LogP contribution in [0.3, 0.4) is 0 Å². The number of fused-ring (bicyclic) bond motifs is 2. The van der Waals surface area contributed by atoms with Gasteiger partial charge in [-0.3, -0.25) is 0 Å². The molecule has 0 amide bonds. The Morgan fingerprint density at radius 1 is 1.39 bits per heavy atom. The second kappa shape index (κ2) is 5.48. The lowest BCUT2D eigenvalue weighted by molar-refractivity contribution is -0.198. The maximum absolute atomic E-state index is 12.6. The molecule has 3 atom stereocenters. The summed E-state index contributed by atoms with van der Waals surface area (Å²) in [5, 5.41) is 0. The monoisotopic (exact) mass is 316 g/mol. The van der Waals surface area contributed by atoms with E-state index in [0.717, 1.165) is 31.7 Å². The molecule has 3 aliphatic rings. The molecule has 1 aromatic heterocycles. The molecule has 2 heterocycles. The molecule has 0 radical (unpaired) electrons. The first kappa shape index (κ1) is 14.9. The third-order valence-electron chi connectivity index (χ3n) is 5.87. The van der Waals surface area contributed by atoms with Gasteiger partial charge in [0.25, 0.3) is 0 Å². The van der Waals surface area contributed by atoms with Gasteiger partial charge in [0, 0.05) is 38.2 Å². The zero-order valence-corrected chi connectivity index (χ0v) is 13.8. The third kappa shape index (κ3) is 2.24. The smallest absolute Gasteiger partial charge is 0.338 e. The van der Waals surface area contributed by atoms with Gasteiger partial charge in [0.1, 0.15) is 11.9 Å². The van der Waals surface area contributed by atoms with Crippen LogP contribution in [0.5, 0.6) is 0 Å². The highest BCUT2D eigenvalue weighted by atomic mass is 16.6. The van der Waals surface area contributed by atoms with Crippen molar-refractivity contribution in [2.45, 2.75) is 44.3 Å². The zero-order valence-electron chi connectivity index (χ0n) is 13.8. The summed E-state index contributed by atoms with van der Waals surface area (Å²) >= 11 is 0. The maximum atomic E-state index is 12.6. The molecule has 0 aromatic carbocycles. The minimum Gasteiger partial charge on any atom is -0.458 e. The van der Waals surface area contributed by atoms with E-state index in [1.165, 1.54) is 12.8 Å². The van der Waals surface area contributed by atoms with Crippen molar-refractivity contribution < 1.29 is 14.3 Å². The van der Waals surface area contributed by atoms with E-state index in [-0.39, 0.29) is 17.5 Å². The minimum absolute atomic E-state index is 0.0287. The molecule has 1 aliphatic heterocycles. The zero-order chi connectivity index (χ0) is 16.0. The molecule has 0 unspecified atom stereocenters. The molecular formula is C18H24N2O3. The molecule has 5 nitrogen and oxygen atoms in total. The van der Waals surface area contributed by atoms with E-state index in [4.69, 9.17) is 9.47 Å². The van der Waals surface area contributed by atoms with E-state index < -0.39 is 0 Å². The highest BCUT2D eigenvalue weighted by Crippen LogP contribution is 2.62. The van der Waals surface area contributed by atoms with Gasteiger partial charge in [-0.2, -0.15) is 0 Å². The Labute approximate surface area is 137 Å². The summed E-state index contributed by atoms with van der Waals surface area (Å²) in [5.74, 6) is 0.940. The number of ether oxygens (including phenoxy) is 2. The van der Waals surface area contributed by atoms with Crippen LogP contribution >= 0.6 is 0 Å². The van der Waals surface area contributed by atoms with Crippen molar-refractivity contribution in [3.63, 3.8) is 0 Å². The number of carbonyl (C=O) groups excluding carboxylic acids is 1. The molecule has 0 bridgehead atoms. The standard InChI is InChI=1S/C18H24N2O3/c1-20(2)14-11-12(5-9-19-14)17(21)23-16-13-6-10-22-15(13)18(16)7-3-4-8-18/h5,9,11,13,15-16H,3-4,6-8,10H2,1-2H3/t13-,15-,16+/m0/s1. The Hall–Kier alpha value is -1.62. The van der Waals surface area contributed by atoms with Gasteiger partial charge in [0.15, 0.2) is 0 Å². The fourth-order valence-corrected chi connectivity index (χ4v) is 4.76. The van der Waals surface area contributed by atoms with E-state index in [1.54, 1.807) is 18.3 Å². The molecule has 3 fully saturated rings. The first-order valence-corrected chi connectivity index (χ1v) is 8.58. The summed E-state index contributed by atoms with van der Waals surface area (Å²) in [6.45, 7) is 0.811. The molecule has 1 aromatic rings. The molecule has 5 heteroatoms. The van der Waals surface area contributed by atoms with Crippen LogP contribution in [-0.2, 0) is 9.47 Å². The molecule has 1 spiro atoms. The predicted octanol–water partition coefficient (Wildman–Crippen LogP) is 2.65. The molecule has 4 rings (SSSR count). The van der Waals surface area contributed by atoms with Crippen LogP contribution < -0.4 is 4.90 Å². The fraction of sp³-hybridized carbons (Fsp3) is 0.667. The van der Waals surface area contributed by atoms with Crippen LogP contribution in [-0.4, -0.2) is 43.9 Å². The number of pyridine rings is 1. The van der Waals surface area contributed by atoms with Crippen molar-refractivity contribution >= 4 is 11.8 Å². The second-order valence-corrected chi connectivity index (χ2v) is 7.31. The van der Waals surface area contributed by atoms with Gasteiger partial charge in [0.05, 0.1) is 11.7 Å². The fourth-order valence-electron chi connectivity index (χ4n) is 4.76. The third-order valence-corrected chi connectivity index (χ3v) is 5.87. The normalized spacial score (nSPS) is 30.8. The first-order chi connectivity index (χ1) is 11.1. The summed E-state index contributed by atoms with van der Waals surface area (Å²) < 4.78 is 11.9. The lowest BCUT2D eigenvalue weighted by Gasteiger charge is -2.55. The van der Waals surface area contributed by atoms with E-state index in [0.29, 0.717) is 17.6 Å². The second-order valence-electron chi connectivity index (χ2n) is 7.31. The summed E-state index contributed by atoms with van der Waals surface area (Å²) in [5.41, 5.74) is 0.674. The van der Waals surface area contributed by atoms with Gasteiger partial charge in [-0.05, 0) is 31.4 Å². The van der Waals surface area contributed by atoms with Crippen LogP contribution in [0.25, 0.3) is 0 Å². The number of nitrogens with zero attached hydrogens (tertiary/aromatic N) is 2. The van der Waals surface area contributed by atoms with Crippen molar-refractivity contribution in [1.82, 2.24) is 4.98 Å². The molecular weight excluding hydrogens is 292 g/mol. The predicted molar refractivity (Wildman–Crippen MR) is 86.5 cm³/mol. The lowest BCUT2D eigenvalue weighted by Crippen LogP contribution is -2.63. The molecule has 23 heavy (non-hydrogen) atoms. The maximum Gasteiger partial charge on any atom is 0.338 e. The average molecular weight is 316 g/mol. The Kier molecular flexibility index (Phi) is 3.56. The Morgan fingerprint density at radius 3 is 2.91 bits per heavy atom. The van der Waals surface area contributed by atoms with E-state index >= 15 is 0 Å². The highest BCUT2D eigenvalue weighted by Gasteiger charge is 2.66. The van der Waals surface area contributed by atoms with E-state index in [2.05, 4.69) is 4.98 Å². The van der Waals surface area contributed by atoms with Crippen molar-refractivity contribution in [3.8, 4) is 0 Å². The number of hydrogen-bond acceptors (Lipinski definition) is 5. The topological polar surface area (TPSA) is 51.7 Å². The van der Waals surface area contributed by atoms with Crippen LogP contribution in [0.15, 0.2) is 18.3 Å². The quantitative estimate of drug-likeness (QED) is 0.803. The highest BCUT2D eigenvalue weighted by molar-refractivity contribution is 5.90. The van der Waals surface area contributed by atoms with Crippen molar-refractivity contribution in [2.75, 3.05) is 25.6 Å². The van der Waals surface area contributed by atoms with Gasteiger partial charge in [-0.1, -0.05) is 12.8 Å². The first-order valence-electron chi connectivity index (χ1n) is 8.58. The van der Waals surface area contributed by atoms with Gasteiger partial charge in [-0.15, -0.1) is 0 Å². The van der Waals surface area contributed by atoms with Gasteiger partial charge >= 0.3 is 5.97 Å². The molecule has 0 N–H and O–H groups in total. The minimum atomic E-state index is -0.225. The Balaban J connectivity index is 1.53. The number of rotatable bonds is 3. The van der Waals surface area contributed by atoms with Gasteiger partial charge in [0.2, 0.25) is 0 Å².